The van der Waals surface area contributed by atoms with Crippen molar-refractivity contribution in [3.05, 3.63) is 156 Å². The average Bonchev–Trinajstić information content (AvgIpc) is 3.11. The summed E-state index contributed by atoms with van der Waals surface area (Å²) in [7, 11) is 1.25. The number of benzene rings is 6. The number of rotatable bonds is 7. The molecule has 6 aromatic carbocycles. The van der Waals surface area contributed by atoms with Crippen LogP contribution in [0.25, 0.3) is 44.5 Å². The molecule has 0 radical (unpaired) electrons. The fourth-order valence-corrected chi connectivity index (χ4v) is 5.72. The van der Waals surface area contributed by atoms with Gasteiger partial charge in [0.1, 0.15) is 0 Å². The van der Waals surface area contributed by atoms with E-state index < -0.39 is 0 Å². The quantitative estimate of drug-likeness (QED) is 0.113. The monoisotopic (exact) mass is 824 g/mol. The zero-order chi connectivity index (χ0) is 33.2. The minimum absolute atomic E-state index is 0.658. The maximum atomic E-state index is 6.71. The van der Waals surface area contributed by atoms with Crippen LogP contribution in [0.2, 0.25) is 10.0 Å². The molecule has 0 heterocycles. The molecule has 0 bridgehead atoms. The molecule has 7 heteroatoms. The third kappa shape index (κ3) is 8.99. The fraction of sp³-hybridized carbons (Fsp3) is 0.0500. The van der Waals surface area contributed by atoms with Gasteiger partial charge in [-0.2, -0.15) is 0 Å². The van der Waals surface area contributed by atoms with Gasteiger partial charge in [0.2, 0.25) is 0 Å². The Labute approximate surface area is 307 Å². The summed E-state index contributed by atoms with van der Waals surface area (Å²) in [5, 5.41) is 1.32. The molecule has 0 aliphatic rings. The summed E-state index contributed by atoms with van der Waals surface area (Å²) in [5.74, 6) is 0. The molecule has 0 saturated carbocycles. The normalized spacial score (nSPS) is 11.6. The number of nitrogens with zero attached hydrogens (tertiary/aromatic N) is 2. The molecule has 6 rings (SSSR count). The van der Waals surface area contributed by atoms with Crippen LogP contribution >= 0.6 is 51.7 Å². The molecule has 6 aromatic rings. The Hall–Kier alpha value is -3.31. The van der Waals surface area contributed by atoms with Gasteiger partial charge in [0, 0.05) is 32.3 Å². The SMILES string of the molecule is CC(=Nc1c(-c2ccccc2)cc(Cl)cc1-c1ccccc1)C(C)=Nc1c(-c2ccccc2)cc(Cl)cc1-c1ccccc1.[Br][Ni][Br]. The van der Waals surface area contributed by atoms with E-state index in [0.29, 0.717) is 10.0 Å². The van der Waals surface area contributed by atoms with Gasteiger partial charge < -0.3 is 0 Å². The van der Waals surface area contributed by atoms with Crippen LogP contribution in [-0.2, 0) is 10.9 Å². The van der Waals surface area contributed by atoms with E-state index in [2.05, 4.69) is 77.0 Å². The third-order valence-corrected chi connectivity index (χ3v) is 8.01. The van der Waals surface area contributed by atoms with Gasteiger partial charge in [-0.05, 0) is 60.4 Å². The predicted octanol–water partition coefficient (Wildman–Crippen LogP) is 14.2. The number of hydrogen-bond donors (Lipinski definition) is 0. The Morgan fingerprint density at radius 2 is 0.660 bits per heavy atom. The maximum absolute atomic E-state index is 6.71. The summed E-state index contributed by atoms with van der Waals surface area (Å²) >= 11 is 19.4. The minimum atomic E-state index is 0.658. The zero-order valence-electron chi connectivity index (χ0n) is 25.6. The first kappa shape index (κ1) is 35.0. The first-order chi connectivity index (χ1) is 22.9. The fourth-order valence-electron chi connectivity index (χ4n) is 5.29. The molecular formula is C40H30Br2Cl2N2Ni. The molecule has 2 nitrogen and oxygen atoms in total. The summed E-state index contributed by atoms with van der Waals surface area (Å²) in [6.45, 7) is 4.02. The van der Waals surface area contributed by atoms with E-state index in [-0.39, 0.29) is 0 Å². The number of hydrogen-bond acceptors (Lipinski definition) is 2. The van der Waals surface area contributed by atoms with Gasteiger partial charge in [-0.25, -0.2) is 0 Å². The standard InChI is InChI=1S/C40H30Cl2N2.2BrH.Ni/c1-27(43-39-35(29-15-7-3-8-16-29)23-33(41)24-36(39)30-17-9-4-10-18-30)28(2)44-40-37(31-19-11-5-12-20-31)25-34(42)26-38(40)32-21-13-6-14-22-32;;;/h3-26H,1-2H3;2*1H;/q;;;+2/p-2. The third-order valence-electron chi connectivity index (χ3n) is 7.57. The Balaban J connectivity index is 0.00000139. The van der Waals surface area contributed by atoms with E-state index in [9.17, 15) is 0 Å². The van der Waals surface area contributed by atoms with E-state index >= 15 is 0 Å². The van der Waals surface area contributed by atoms with Crippen LogP contribution in [0.1, 0.15) is 13.8 Å². The van der Waals surface area contributed by atoms with Crippen molar-refractivity contribution < 1.29 is 10.9 Å². The van der Waals surface area contributed by atoms with E-state index in [1.54, 1.807) is 0 Å². The molecule has 0 N–H and O–H groups in total. The van der Waals surface area contributed by atoms with Crippen molar-refractivity contribution >= 4 is 74.5 Å². The van der Waals surface area contributed by atoms with Gasteiger partial charge >= 0.3 is 39.3 Å². The van der Waals surface area contributed by atoms with Gasteiger partial charge in [-0.15, -0.1) is 0 Å². The van der Waals surface area contributed by atoms with E-state index in [0.717, 1.165) is 67.3 Å². The molecule has 0 saturated heterocycles. The molecule has 0 aromatic heterocycles. The summed E-state index contributed by atoms with van der Waals surface area (Å²) in [4.78, 5) is 10.5. The molecule has 0 aliphatic carbocycles. The summed E-state index contributed by atoms with van der Waals surface area (Å²) < 4.78 is 0. The average molecular weight is 828 g/mol. The first-order valence-corrected chi connectivity index (χ1v) is 20.4. The predicted molar refractivity (Wildman–Crippen MR) is 208 cm³/mol. The van der Waals surface area contributed by atoms with Crippen molar-refractivity contribution in [2.75, 3.05) is 0 Å². The second-order valence-corrected chi connectivity index (χ2v) is 16.5. The molecule has 0 fully saturated rings. The van der Waals surface area contributed by atoms with Crippen molar-refractivity contribution in [2.45, 2.75) is 13.8 Å². The molecular weight excluding hydrogens is 798 g/mol. The molecule has 0 atom stereocenters. The van der Waals surface area contributed by atoms with Crippen LogP contribution in [0.15, 0.2) is 156 Å². The second-order valence-electron chi connectivity index (χ2n) is 10.6. The Morgan fingerprint density at radius 1 is 0.447 bits per heavy atom. The van der Waals surface area contributed by atoms with Crippen LogP contribution in [0.5, 0.6) is 0 Å². The van der Waals surface area contributed by atoms with Crippen LogP contribution in [0, 0.1) is 0 Å². The van der Waals surface area contributed by atoms with E-state index in [1.807, 2.05) is 111 Å². The van der Waals surface area contributed by atoms with Gasteiger partial charge in [0.05, 0.1) is 22.8 Å². The molecule has 0 amide bonds. The molecule has 0 aliphatic heterocycles. The molecule has 0 spiro atoms. The molecule has 0 unspecified atom stereocenters. The van der Waals surface area contributed by atoms with E-state index in [1.165, 1.54) is 10.9 Å². The van der Waals surface area contributed by atoms with Crippen molar-refractivity contribution in [1.82, 2.24) is 0 Å². The van der Waals surface area contributed by atoms with E-state index in [4.69, 9.17) is 33.2 Å². The van der Waals surface area contributed by atoms with Gasteiger partial charge in [0.25, 0.3) is 0 Å². The van der Waals surface area contributed by atoms with Gasteiger partial charge in [-0.1, -0.05) is 145 Å². The van der Waals surface area contributed by atoms with Crippen LogP contribution < -0.4 is 0 Å². The number of halogens is 4. The van der Waals surface area contributed by atoms with Gasteiger partial charge in [-0.3, -0.25) is 9.98 Å². The Morgan fingerprint density at radius 3 is 0.872 bits per heavy atom. The van der Waals surface area contributed by atoms with Crippen LogP contribution in [0.3, 0.4) is 0 Å². The van der Waals surface area contributed by atoms with Gasteiger partial charge in [0.15, 0.2) is 0 Å². The van der Waals surface area contributed by atoms with Crippen molar-refractivity contribution in [3.8, 4) is 44.5 Å². The second kappa shape index (κ2) is 17.2. The Bertz CT molecular complexity index is 1730. The molecule has 47 heavy (non-hydrogen) atoms. The van der Waals surface area contributed by atoms with Crippen molar-refractivity contribution in [2.24, 2.45) is 9.98 Å². The zero-order valence-corrected chi connectivity index (χ0v) is 31.3. The Kier molecular flexibility index (Phi) is 12.8. The number of aliphatic imine (C=N–C) groups is 2. The molecule has 238 valence electrons. The first-order valence-electron chi connectivity index (χ1n) is 14.7. The topological polar surface area (TPSA) is 24.7 Å². The summed E-state index contributed by atoms with van der Waals surface area (Å²) in [6, 6.07) is 48.9. The summed E-state index contributed by atoms with van der Waals surface area (Å²) in [6.07, 6.45) is 0. The van der Waals surface area contributed by atoms with Crippen molar-refractivity contribution in [1.29, 1.82) is 0 Å². The van der Waals surface area contributed by atoms with Crippen LogP contribution in [0.4, 0.5) is 11.4 Å². The summed E-state index contributed by atoms with van der Waals surface area (Å²) in [5.41, 5.74) is 11.3. The van der Waals surface area contributed by atoms with Crippen molar-refractivity contribution in [3.63, 3.8) is 0 Å². The van der Waals surface area contributed by atoms with Crippen LogP contribution in [-0.4, -0.2) is 11.4 Å².